The molecule has 0 heterocycles. The monoisotopic (exact) mass is 371 g/mol. The second-order valence-electron chi connectivity index (χ2n) is 4.65. The average molecular weight is 373 g/mol. The highest BCUT2D eigenvalue weighted by atomic mass is 79.9. The molecule has 2 nitrogen and oxygen atoms in total. The van der Waals surface area contributed by atoms with Crippen molar-refractivity contribution in [3.63, 3.8) is 0 Å². The zero-order chi connectivity index (χ0) is 15.4. The van der Waals surface area contributed by atoms with Crippen LogP contribution in [0.25, 0.3) is 0 Å². The molecule has 0 saturated carbocycles. The van der Waals surface area contributed by atoms with Crippen LogP contribution in [0, 0.1) is 5.82 Å². The van der Waals surface area contributed by atoms with Crippen molar-refractivity contribution in [2.75, 3.05) is 14.2 Å². The van der Waals surface area contributed by atoms with Gasteiger partial charge in [-0.05, 0) is 53.2 Å². The number of methoxy groups -OCH3 is 1. The van der Waals surface area contributed by atoms with Crippen LogP contribution in [-0.2, 0) is 6.42 Å². The summed E-state index contributed by atoms with van der Waals surface area (Å²) >= 11 is 9.31. The van der Waals surface area contributed by atoms with Gasteiger partial charge in [0.15, 0.2) is 0 Å². The van der Waals surface area contributed by atoms with Crippen LogP contribution in [0.15, 0.2) is 40.9 Å². The highest BCUT2D eigenvalue weighted by molar-refractivity contribution is 9.10. The Morgan fingerprint density at radius 1 is 1.33 bits per heavy atom. The third kappa shape index (κ3) is 3.76. The van der Waals surface area contributed by atoms with E-state index in [0.29, 0.717) is 21.5 Å². The first-order valence-electron chi connectivity index (χ1n) is 6.50. The van der Waals surface area contributed by atoms with E-state index >= 15 is 0 Å². The summed E-state index contributed by atoms with van der Waals surface area (Å²) in [7, 11) is 3.43. The summed E-state index contributed by atoms with van der Waals surface area (Å²) in [5.74, 6) is 0.502. The van der Waals surface area contributed by atoms with Gasteiger partial charge in [0.05, 0.1) is 12.1 Å². The van der Waals surface area contributed by atoms with Crippen LogP contribution in [0.1, 0.15) is 17.2 Å². The fraction of sp³-hybridized carbons (Fsp3) is 0.250. The van der Waals surface area contributed by atoms with Gasteiger partial charge in [0, 0.05) is 16.1 Å². The highest BCUT2D eigenvalue weighted by Gasteiger charge is 2.18. The van der Waals surface area contributed by atoms with Gasteiger partial charge in [-0.3, -0.25) is 0 Å². The maximum absolute atomic E-state index is 14.2. The van der Waals surface area contributed by atoms with Crippen molar-refractivity contribution in [2.45, 2.75) is 12.5 Å². The number of nitrogens with one attached hydrogen (secondary N) is 1. The van der Waals surface area contributed by atoms with Crippen LogP contribution in [0.3, 0.4) is 0 Å². The predicted molar refractivity (Wildman–Crippen MR) is 87.6 cm³/mol. The third-order valence-electron chi connectivity index (χ3n) is 3.38. The van der Waals surface area contributed by atoms with Crippen LogP contribution < -0.4 is 10.1 Å². The molecule has 5 heteroatoms. The highest BCUT2D eigenvalue weighted by Crippen LogP contribution is 2.31. The summed E-state index contributed by atoms with van der Waals surface area (Å²) in [6.45, 7) is 0. The van der Waals surface area contributed by atoms with E-state index in [1.54, 1.807) is 20.2 Å². The molecule has 0 aromatic heterocycles. The number of benzene rings is 2. The lowest BCUT2D eigenvalue weighted by Gasteiger charge is -2.19. The van der Waals surface area contributed by atoms with Crippen molar-refractivity contribution in [3.8, 4) is 5.75 Å². The van der Waals surface area contributed by atoms with E-state index in [4.69, 9.17) is 16.3 Å². The van der Waals surface area contributed by atoms with Crippen LogP contribution in [0.5, 0.6) is 5.75 Å². The molecule has 1 N–H and O–H groups in total. The van der Waals surface area contributed by atoms with E-state index in [-0.39, 0.29) is 11.9 Å². The molecule has 0 aliphatic carbocycles. The molecule has 0 amide bonds. The first-order chi connectivity index (χ1) is 10.1. The van der Waals surface area contributed by atoms with Crippen LogP contribution in [0.4, 0.5) is 4.39 Å². The molecule has 0 spiro atoms. The molecule has 0 radical (unpaired) electrons. The number of para-hydroxylation sites is 1. The molecule has 0 fully saturated rings. The van der Waals surface area contributed by atoms with Gasteiger partial charge in [-0.25, -0.2) is 4.39 Å². The van der Waals surface area contributed by atoms with E-state index in [9.17, 15) is 4.39 Å². The first-order valence-corrected chi connectivity index (χ1v) is 7.67. The van der Waals surface area contributed by atoms with Crippen LogP contribution in [0.2, 0.25) is 5.02 Å². The number of halogens is 3. The summed E-state index contributed by atoms with van der Waals surface area (Å²) in [6.07, 6.45) is 0.607. The Hall–Kier alpha value is -1.10. The Bertz CT molecular complexity index is 636. The quantitative estimate of drug-likeness (QED) is 0.765. The van der Waals surface area contributed by atoms with E-state index in [1.807, 2.05) is 24.3 Å². The standard InChI is InChI=1S/C16H16BrClFNO/c1-20-15(7-10-5-3-4-6-16(10)21-2)11-8-13(18)12(17)9-14(11)19/h3-6,8-9,15,20H,7H2,1-2H3. The van der Waals surface area contributed by atoms with Crippen LogP contribution >= 0.6 is 27.5 Å². The Kier molecular flexibility index (Phi) is 5.62. The fourth-order valence-corrected chi connectivity index (χ4v) is 2.75. The summed E-state index contributed by atoms with van der Waals surface area (Å²) < 4.78 is 20.1. The molecule has 21 heavy (non-hydrogen) atoms. The van der Waals surface area contributed by atoms with Gasteiger partial charge in [0.25, 0.3) is 0 Å². The zero-order valence-corrected chi connectivity index (χ0v) is 14.1. The topological polar surface area (TPSA) is 21.3 Å². The molecular formula is C16H16BrClFNO. The summed E-state index contributed by atoms with van der Waals surface area (Å²) in [4.78, 5) is 0. The molecule has 1 atom stereocenters. The van der Waals surface area contributed by atoms with E-state index in [1.165, 1.54) is 6.07 Å². The fourth-order valence-electron chi connectivity index (χ4n) is 2.26. The normalized spacial score (nSPS) is 12.2. The largest absolute Gasteiger partial charge is 0.496 e. The molecular weight excluding hydrogens is 357 g/mol. The molecule has 0 saturated heterocycles. The van der Waals surface area contributed by atoms with Gasteiger partial charge in [0.1, 0.15) is 11.6 Å². The Balaban J connectivity index is 2.34. The van der Waals surface area contributed by atoms with Gasteiger partial charge in [-0.1, -0.05) is 29.8 Å². The van der Waals surface area contributed by atoms with E-state index in [0.717, 1.165) is 11.3 Å². The Morgan fingerprint density at radius 3 is 2.71 bits per heavy atom. The SMILES string of the molecule is CNC(Cc1ccccc1OC)c1cc(Cl)c(Br)cc1F. The number of hydrogen-bond donors (Lipinski definition) is 1. The van der Waals surface area contributed by atoms with Crippen molar-refractivity contribution < 1.29 is 9.13 Å². The Labute approximate surface area is 137 Å². The summed E-state index contributed by atoms with van der Waals surface area (Å²) in [5, 5.41) is 3.63. The van der Waals surface area contributed by atoms with Crippen molar-refractivity contribution in [1.29, 1.82) is 0 Å². The minimum Gasteiger partial charge on any atom is -0.496 e. The number of likely N-dealkylation sites (N-methyl/N-ethyl adjacent to an activating group) is 1. The molecule has 1 unspecified atom stereocenters. The molecule has 2 aromatic carbocycles. The maximum Gasteiger partial charge on any atom is 0.129 e. The molecule has 112 valence electrons. The van der Waals surface area contributed by atoms with Gasteiger partial charge in [0.2, 0.25) is 0 Å². The maximum atomic E-state index is 14.2. The predicted octanol–water partition coefficient (Wildman–Crippen LogP) is 4.75. The van der Waals surface area contributed by atoms with Gasteiger partial charge >= 0.3 is 0 Å². The van der Waals surface area contributed by atoms with Crippen molar-refractivity contribution >= 4 is 27.5 Å². The van der Waals surface area contributed by atoms with Crippen molar-refractivity contribution in [2.24, 2.45) is 0 Å². The lowest BCUT2D eigenvalue weighted by molar-refractivity contribution is 0.406. The third-order valence-corrected chi connectivity index (χ3v) is 4.58. The molecule has 2 rings (SSSR count). The van der Waals surface area contributed by atoms with Crippen molar-refractivity contribution in [3.05, 3.63) is 62.8 Å². The smallest absolute Gasteiger partial charge is 0.129 e. The molecule has 0 aliphatic heterocycles. The van der Waals surface area contributed by atoms with Gasteiger partial charge < -0.3 is 10.1 Å². The molecule has 2 aromatic rings. The first kappa shape index (κ1) is 16.3. The van der Waals surface area contributed by atoms with Gasteiger partial charge in [-0.15, -0.1) is 0 Å². The minimum absolute atomic E-state index is 0.188. The second-order valence-corrected chi connectivity index (χ2v) is 5.91. The summed E-state index contributed by atoms with van der Waals surface area (Å²) in [6, 6.07) is 10.6. The zero-order valence-electron chi connectivity index (χ0n) is 11.8. The van der Waals surface area contributed by atoms with Gasteiger partial charge in [-0.2, -0.15) is 0 Å². The molecule has 0 aliphatic rings. The lowest BCUT2D eigenvalue weighted by atomic mass is 9.98. The average Bonchev–Trinajstić information content (AvgIpc) is 2.49. The number of ether oxygens (including phenoxy) is 1. The number of hydrogen-bond acceptors (Lipinski definition) is 2. The van der Waals surface area contributed by atoms with Crippen molar-refractivity contribution in [1.82, 2.24) is 5.32 Å². The van der Waals surface area contributed by atoms with Crippen LogP contribution in [-0.4, -0.2) is 14.2 Å². The summed E-state index contributed by atoms with van der Waals surface area (Å²) in [5.41, 5.74) is 1.55. The number of rotatable bonds is 5. The van der Waals surface area contributed by atoms with E-state index < -0.39 is 0 Å². The minimum atomic E-state index is -0.291. The Morgan fingerprint density at radius 2 is 2.05 bits per heavy atom. The molecule has 0 bridgehead atoms. The van der Waals surface area contributed by atoms with E-state index in [2.05, 4.69) is 21.2 Å². The lowest BCUT2D eigenvalue weighted by Crippen LogP contribution is -2.20. The second kappa shape index (κ2) is 7.25.